The first-order valence-corrected chi connectivity index (χ1v) is 10.6. The summed E-state index contributed by atoms with van der Waals surface area (Å²) in [6.07, 6.45) is -0.582. The smallest absolute Gasteiger partial charge is 0.338 e. The summed E-state index contributed by atoms with van der Waals surface area (Å²) < 4.78 is 21.8. The van der Waals surface area contributed by atoms with Crippen molar-refractivity contribution in [1.82, 2.24) is 0 Å². The lowest BCUT2D eigenvalue weighted by molar-refractivity contribution is 0.00447. The van der Waals surface area contributed by atoms with Crippen molar-refractivity contribution in [3.8, 4) is 11.5 Å². The van der Waals surface area contributed by atoms with Gasteiger partial charge in [-0.15, -0.1) is 0 Å². The molecular formula is C25H32O6. The zero-order valence-corrected chi connectivity index (χ0v) is 18.9. The van der Waals surface area contributed by atoms with E-state index in [1.54, 1.807) is 55.5 Å². The molecule has 31 heavy (non-hydrogen) atoms. The molecule has 0 N–H and O–H groups in total. The Morgan fingerprint density at radius 3 is 1.48 bits per heavy atom. The molecule has 6 heteroatoms. The van der Waals surface area contributed by atoms with Crippen molar-refractivity contribution >= 4 is 11.9 Å². The van der Waals surface area contributed by atoms with Gasteiger partial charge >= 0.3 is 11.9 Å². The Morgan fingerprint density at radius 2 is 1.06 bits per heavy atom. The predicted octanol–water partition coefficient (Wildman–Crippen LogP) is 5.16. The fraction of sp³-hybridized carbons (Fsp3) is 0.440. The van der Waals surface area contributed by atoms with Gasteiger partial charge in [0.25, 0.3) is 0 Å². The van der Waals surface area contributed by atoms with Gasteiger partial charge in [-0.25, -0.2) is 9.59 Å². The minimum Gasteiger partial charge on any atom is -0.493 e. The minimum absolute atomic E-state index is 0.0360. The van der Waals surface area contributed by atoms with Crippen LogP contribution in [-0.4, -0.2) is 37.9 Å². The lowest BCUT2D eigenvalue weighted by atomic mass is 10.2. The minimum atomic E-state index is -0.582. The van der Waals surface area contributed by atoms with E-state index in [2.05, 4.69) is 27.7 Å². The van der Waals surface area contributed by atoms with Gasteiger partial charge in [0, 0.05) is 0 Å². The number of rotatable bonds is 11. The van der Waals surface area contributed by atoms with Crippen LogP contribution in [0.2, 0.25) is 0 Å². The van der Waals surface area contributed by atoms with E-state index in [4.69, 9.17) is 18.9 Å². The summed E-state index contributed by atoms with van der Waals surface area (Å²) in [7, 11) is 0. The van der Waals surface area contributed by atoms with Crippen LogP contribution >= 0.6 is 0 Å². The summed E-state index contributed by atoms with van der Waals surface area (Å²) >= 11 is 0. The quantitative estimate of drug-likeness (QED) is 0.461. The number of ether oxygens (including phenoxy) is 4. The third kappa shape index (κ3) is 8.70. The average Bonchev–Trinajstić information content (AvgIpc) is 2.75. The molecule has 0 saturated heterocycles. The number of benzene rings is 2. The summed E-state index contributed by atoms with van der Waals surface area (Å²) in [6.45, 7) is 11.1. The molecule has 168 valence electrons. The highest BCUT2D eigenvalue weighted by Crippen LogP contribution is 2.16. The summed E-state index contributed by atoms with van der Waals surface area (Å²) in [5, 5.41) is 0. The molecule has 2 aromatic carbocycles. The third-order valence-electron chi connectivity index (χ3n) is 4.10. The van der Waals surface area contributed by atoms with E-state index in [0.29, 0.717) is 47.7 Å². The normalized spacial score (nSPS) is 11.8. The lowest BCUT2D eigenvalue weighted by Gasteiger charge is -2.14. The molecule has 0 aliphatic carbocycles. The molecule has 0 spiro atoms. The van der Waals surface area contributed by atoms with Crippen LogP contribution in [0.3, 0.4) is 0 Å². The van der Waals surface area contributed by atoms with Crippen LogP contribution in [0, 0.1) is 11.8 Å². The molecule has 1 atom stereocenters. The molecule has 2 aromatic rings. The first kappa shape index (κ1) is 24.3. The van der Waals surface area contributed by atoms with E-state index < -0.39 is 18.0 Å². The molecule has 0 aliphatic heterocycles. The van der Waals surface area contributed by atoms with Gasteiger partial charge in [0.2, 0.25) is 0 Å². The number of carbonyl (C=O) groups excluding carboxylic acids is 2. The first-order chi connectivity index (χ1) is 14.7. The summed E-state index contributed by atoms with van der Waals surface area (Å²) in [4.78, 5) is 24.5. The fourth-order valence-corrected chi connectivity index (χ4v) is 2.46. The monoisotopic (exact) mass is 428 g/mol. The van der Waals surface area contributed by atoms with Gasteiger partial charge in [0.05, 0.1) is 24.3 Å². The maximum absolute atomic E-state index is 12.3. The molecule has 0 unspecified atom stereocenters. The Morgan fingerprint density at radius 1 is 0.645 bits per heavy atom. The van der Waals surface area contributed by atoms with Crippen molar-refractivity contribution in [1.29, 1.82) is 0 Å². The van der Waals surface area contributed by atoms with E-state index >= 15 is 0 Å². The highest BCUT2D eigenvalue weighted by atomic mass is 16.6. The van der Waals surface area contributed by atoms with Gasteiger partial charge in [-0.05, 0) is 67.3 Å². The molecule has 0 aromatic heterocycles. The first-order valence-electron chi connectivity index (χ1n) is 10.6. The fourth-order valence-electron chi connectivity index (χ4n) is 2.46. The molecule has 0 heterocycles. The van der Waals surface area contributed by atoms with Gasteiger partial charge < -0.3 is 18.9 Å². The second kappa shape index (κ2) is 12.0. The van der Waals surface area contributed by atoms with Gasteiger partial charge in [-0.2, -0.15) is 0 Å². The highest BCUT2D eigenvalue weighted by molar-refractivity contribution is 5.90. The standard InChI is InChI=1S/C25H32O6/c1-17(2)14-28-22-10-6-20(7-11-22)24(26)30-16-19(5)31-25(27)21-8-12-23(13-9-21)29-15-18(3)4/h6-13,17-19H,14-16H2,1-5H3/t19-/m0/s1. The molecule has 0 aliphatic rings. The molecule has 0 radical (unpaired) electrons. The van der Waals surface area contributed by atoms with Crippen molar-refractivity contribution < 1.29 is 28.5 Å². The SMILES string of the molecule is CC(C)COc1ccc(C(=O)OC[C@H](C)OC(=O)c2ccc(OCC(C)C)cc2)cc1. The van der Waals surface area contributed by atoms with Crippen molar-refractivity contribution in [2.75, 3.05) is 19.8 Å². The van der Waals surface area contributed by atoms with E-state index in [1.807, 2.05) is 0 Å². The third-order valence-corrected chi connectivity index (χ3v) is 4.10. The van der Waals surface area contributed by atoms with Gasteiger partial charge in [-0.3, -0.25) is 0 Å². The molecule has 6 nitrogen and oxygen atoms in total. The van der Waals surface area contributed by atoms with Crippen molar-refractivity contribution in [3.05, 3.63) is 59.7 Å². The van der Waals surface area contributed by atoms with Crippen LogP contribution in [0.1, 0.15) is 55.3 Å². The Labute approximate surface area is 184 Å². The van der Waals surface area contributed by atoms with Crippen molar-refractivity contribution in [2.45, 2.75) is 40.7 Å². The number of carbonyl (C=O) groups is 2. The average molecular weight is 429 g/mol. The Bertz CT molecular complexity index is 824. The zero-order chi connectivity index (χ0) is 22.8. The molecule has 0 bridgehead atoms. The second-order valence-corrected chi connectivity index (χ2v) is 8.27. The second-order valence-electron chi connectivity index (χ2n) is 8.27. The van der Waals surface area contributed by atoms with E-state index in [9.17, 15) is 9.59 Å². The van der Waals surface area contributed by atoms with Crippen LogP contribution in [0.25, 0.3) is 0 Å². The molecular weight excluding hydrogens is 396 g/mol. The Hall–Kier alpha value is -3.02. The summed E-state index contributed by atoms with van der Waals surface area (Å²) in [5.74, 6) is 1.28. The topological polar surface area (TPSA) is 71.1 Å². The highest BCUT2D eigenvalue weighted by Gasteiger charge is 2.15. The maximum Gasteiger partial charge on any atom is 0.338 e. The largest absolute Gasteiger partial charge is 0.493 e. The van der Waals surface area contributed by atoms with Gasteiger partial charge in [-0.1, -0.05) is 27.7 Å². The maximum atomic E-state index is 12.3. The molecule has 0 saturated carbocycles. The van der Waals surface area contributed by atoms with Gasteiger partial charge in [0.1, 0.15) is 24.2 Å². The number of esters is 2. The van der Waals surface area contributed by atoms with Crippen LogP contribution in [-0.2, 0) is 9.47 Å². The predicted molar refractivity (Wildman–Crippen MR) is 119 cm³/mol. The van der Waals surface area contributed by atoms with Gasteiger partial charge in [0.15, 0.2) is 0 Å². The Kier molecular flexibility index (Phi) is 9.38. The van der Waals surface area contributed by atoms with Crippen LogP contribution in [0.5, 0.6) is 11.5 Å². The zero-order valence-electron chi connectivity index (χ0n) is 18.9. The lowest BCUT2D eigenvalue weighted by Crippen LogP contribution is -2.22. The van der Waals surface area contributed by atoms with Crippen molar-refractivity contribution in [2.24, 2.45) is 11.8 Å². The van der Waals surface area contributed by atoms with E-state index in [-0.39, 0.29) is 6.61 Å². The summed E-state index contributed by atoms with van der Waals surface area (Å²) in [5.41, 5.74) is 0.819. The molecule has 2 rings (SSSR count). The molecule has 0 amide bonds. The van der Waals surface area contributed by atoms with Crippen molar-refractivity contribution in [3.63, 3.8) is 0 Å². The number of hydrogen-bond donors (Lipinski definition) is 0. The molecule has 0 fully saturated rings. The van der Waals surface area contributed by atoms with E-state index in [0.717, 1.165) is 0 Å². The Balaban J connectivity index is 1.78. The van der Waals surface area contributed by atoms with Crippen LogP contribution in [0.4, 0.5) is 0 Å². The van der Waals surface area contributed by atoms with Crippen LogP contribution in [0.15, 0.2) is 48.5 Å². The number of hydrogen-bond acceptors (Lipinski definition) is 6. The summed E-state index contributed by atoms with van der Waals surface area (Å²) in [6, 6.07) is 13.5. The van der Waals surface area contributed by atoms with E-state index in [1.165, 1.54) is 0 Å². The van der Waals surface area contributed by atoms with Crippen LogP contribution < -0.4 is 9.47 Å².